The minimum Gasteiger partial charge on any atom is -0.494 e. The summed E-state index contributed by atoms with van der Waals surface area (Å²) in [6.45, 7) is 3.58. The van der Waals surface area contributed by atoms with Gasteiger partial charge in [0.1, 0.15) is 5.75 Å². The molecule has 0 saturated heterocycles. The standard InChI is InChI=1S/C11H17NO/c1-10-4-6-11(7-5-10)13-9-3-2-8-12/h4-7H,2-3,8-9,12H2,1H3. The van der Waals surface area contributed by atoms with E-state index in [9.17, 15) is 0 Å². The Morgan fingerprint density at radius 3 is 2.46 bits per heavy atom. The van der Waals surface area contributed by atoms with Gasteiger partial charge in [-0.25, -0.2) is 0 Å². The van der Waals surface area contributed by atoms with Gasteiger partial charge in [0.25, 0.3) is 0 Å². The molecule has 0 heterocycles. The molecule has 0 unspecified atom stereocenters. The fraction of sp³-hybridized carbons (Fsp3) is 0.455. The predicted octanol–water partition coefficient (Wildman–Crippen LogP) is 2.11. The Kier molecular flexibility index (Phi) is 4.33. The van der Waals surface area contributed by atoms with E-state index in [1.807, 2.05) is 12.1 Å². The highest BCUT2D eigenvalue weighted by molar-refractivity contribution is 5.26. The summed E-state index contributed by atoms with van der Waals surface area (Å²) < 4.78 is 5.51. The van der Waals surface area contributed by atoms with Crippen molar-refractivity contribution >= 4 is 0 Å². The number of aryl methyl sites for hydroxylation is 1. The van der Waals surface area contributed by atoms with Crippen molar-refractivity contribution in [2.75, 3.05) is 13.2 Å². The number of rotatable bonds is 5. The van der Waals surface area contributed by atoms with E-state index in [1.54, 1.807) is 0 Å². The van der Waals surface area contributed by atoms with E-state index in [0.29, 0.717) is 0 Å². The molecule has 0 atom stereocenters. The monoisotopic (exact) mass is 179 g/mol. The summed E-state index contributed by atoms with van der Waals surface area (Å²) in [4.78, 5) is 0. The van der Waals surface area contributed by atoms with Gasteiger partial charge in [0.2, 0.25) is 0 Å². The summed E-state index contributed by atoms with van der Waals surface area (Å²) in [6.07, 6.45) is 2.07. The van der Waals surface area contributed by atoms with Crippen LogP contribution in [0, 0.1) is 6.92 Å². The van der Waals surface area contributed by atoms with Crippen LogP contribution in [0.4, 0.5) is 0 Å². The van der Waals surface area contributed by atoms with E-state index in [0.717, 1.165) is 31.7 Å². The normalized spacial score (nSPS) is 10.0. The van der Waals surface area contributed by atoms with E-state index >= 15 is 0 Å². The first-order valence-corrected chi connectivity index (χ1v) is 4.72. The molecule has 0 amide bonds. The summed E-state index contributed by atoms with van der Waals surface area (Å²) in [5.74, 6) is 0.947. The highest BCUT2D eigenvalue weighted by Crippen LogP contribution is 2.11. The van der Waals surface area contributed by atoms with Crippen LogP contribution in [-0.2, 0) is 0 Å². The number of nitrogens with two attached hydrogens (primary N) is 1. The lowest BCUT2D eigenvalue weighted by Crippen LogP contribution is -2.03. The molecule has 1 aromatic carbocycles. The first-order valence-electron chi connectivity index (χ1n) is 4.72. The van der Waals surface area contributed by atoms with Crippen molar-refractivity contribution in [1.29, 1.82) is 0 Å². The van der Waals surface area contributed by atoms with Gasteiger partial charge in [0.15, 0.2) is 0 Å². The number of unbranched alkanes of at least 4 members (excludes halogenated alkanes) is 1. The first kappa shape index (κ1) is 10.1. The molecule has 0 aliphatic heterocycles. The molecule has 2 N–H and O–H groups in total. The van der Waals surface area contributed by atoms with Crippen LogP contribution in [0.15, 0.2) is 24.3 Å². The Balaban J connectivity index is 2.25. The van der Waals surface area contributed by atoms with Crippen LogP contribution in [0.3, 0.4) is 0 Å². The maximum Gasteiger partial charge on any atom is 0.119 e. The molecule has 0 aliphatic carbocycles. The second-order valence-corrected chi connectivity index (χ2v) is 3.16. The molecule has 0 saturated carbocycles. The molecule has 0 radical (unpaired) electrons. The smallest absolute Gasteiger partial charge is 0.119 e. The van der Waals surface area contributed by atoms with Crippen LogP contribution >= 0.6 is 0 Å². The topological polar surface area (TPSA) is 35.2 Å². The van der Waals surface area contributed by atoms with E-state index in [4.69, 9.17) is 10.5 Å². The van der Waals surface area contributed by atoms with Crippen LogP contribution in [0.1, 0.15) is 18.4 Å². The number of benzene rings is 1. The van der Waals surface area contributed by atoms with E-state index in [1.165, 1.54) is 5.56 Å². The van der Waals surface area contributed by atoms with Crippen LogP contribution in [0.5, 0.6) is 5.75 Å². The molecule has 72 valence electrons. The molecule has 0 spiro atoms. The van der Waals surface area contributed by atoms with E-state index < -0.39 is 0 Å². The molecule has 0 aliphatic rings. The number of hydrogen-bond acceptors (Lipinski definition) is 2. The van der Waals surface area contributed by atoms with Crippen LogP contribution in [0.2, 0.25) is 0 Å². The Bertz CT molecular complexity index is 230. The predicted molar refractivity (Wildman–Crippen MR) is 55.0 cm³/mol. The third-order valence-electron chi connectivity index (χ3n) is 1.89. The third kappa shape index (κ3) is 3.95. The molecule has 1 rings (SSSR count). The van der Waals surface area contributed by atoms with Crippen molar-refractivity contribution in [3.8, 4) is 5.75 Å². The second kappa shape index (κ2) is 5.60. The van der Waals surface area contributed by atoms with Gasteiger partial charge in [-0.3, -0.25) is 0 Å². The summed E-state index contributed by atoms with van der Waals surface area (Å²) in [5.41, 5.74) is 6.63. The SMILES string of the molecule is Cc1ccc(OCCCCN)cc1. The van der Waals surface area contributed by atoms with E-state index in [2.05, 4.69) is 19.1 Å². The lowest BCUT2D eigenvalue weighted by molar-refractivity contribution is 0.308. The van der Waals surface area contributed by atoms with Crippen molar-refractivity contribution < 1.29 is 4.74 Å². The van der Waals surface area contributed by atoms with Crippen LogP contribution in [-0.4, -0.2) is 13.2 Å². The highest BCUT2D eigenvalue weighted by Gasteiger charge is 1.92. The van der Waals surface area contributed by atoms with Crippen molar-refractivity contribution in [3.63, 3.8) is 0 Å². The van der Waals surface area contributed by atoms with Crippen molar-refractivity contribution in [2.24, 2.45) is 5.73 Å². The van der Waals surface area contributed by atoms with Gasteiger partial charge >= 0.3 is 0 Å². The molecule has 13 heavy (non-hydrogen) atoms. The maximum atomic E-state index is 5.51. The van der Waals surface area contributed by atoms with Gasteiger partial charge in [-0.05, 0) is 38.4 Å². The third-order valence-corrected chi connectivity index (χ3v) is 1.89. The summed E-state index contributed by atoms with van der Waals surface area (Å²) in [5, 5.41) is 0. The average Bonchev–Trinajstić information content (AvgIpc) is 2.15. The fourth-order valence-corrected chi connectivity index (χ4v) is 1.07. The molecule has 0 aromatic heterocycles. The summed E-state index contributed by atoms with van der Waals surface area (Å²) >= 11 is 0. The Hall–Kier alpha value is -1.02. The second-order valence-electron chi connectivity index (χ2n) is 3.16. The van der Waals surface area contributed by atoms with Gasteiger partial charge < -0.3 is 10.5 Å². The summed E-state index contributed by atoms with van der Waals surface area (Å²) in [6, 6.07) is 8.10. The van der Waals surface area contributed by atoms with Gasteiger partial charge in [0, 0.05) is 0 Å². The van der Waals surface area contributed by atoms with Gasteiger partial charge in [-0.2, -0.15) is 0 Å². The van der Waals surface area contributed by atoms with Crippen LogP contribution < -0.4 is 10.5 Å². The lowest BCUT2D eigenvalue weighted by atomic mass is 10.2. The lowest BCUT2D eigenvalue weighted by Gasteiger charge is -2.05. The van der Waals surface area contributed by atoms with Crippen molar-refractivity contribution in [2.45, 2.75) is 19.8 Å². The van der Waals surface area contributed by atoms with Crippen molar-refractivity contribution in [3.05, 3.63) is 29.8 Å². The van der Waals surface area contributed by atoms with Gasteiger partial charge in [-0.15, -0.1) is 0 Å². The maximum absolute atomic E-state index is 5.51. The van der Waals surface area contributed by atoms with E-state index in [-0.39, 0.29) is 0 Å². The number of hydrogen-bond donors (Lipinski definition) is 1. The fourth-order valence-electron chi connectivity index (χ4n) is 1.07. The zero-order valence-electron chi connectivity index (χ0n) is 8.12. The molecular formula is C11H17NO. The molecule has 2 heteroatoms. The minimum atomic E-state index is 0.747. The molecule has 0 bridgehead atoms. The average molecular weight is 179 g/mol. The van der Waals surface area contributed by atoms with Crippen molar-refractivity contribution in [1.82, 2.24) is 0 Å². The van der Waals surface area contributed by atoms with Crippen LogP contribution in [0.25, 0.3) is 0 Å². The Morgan fingerprint density at radius 1 is 1.15 bits per heavy atom. The highest BCUT2D eigenvalue weighted by atomic mass is 16.5. The molecular weight excluding hydrogens is 162 g/mol. The molecule has 2 nitrogen and oxygen atoms in total. The molecule has 1 aromatic rings. The zero-order valence-corrected chi connectivity index (χ0v) is 8.12. The number of ether oxygens (including phenoxy) is 1. The van der Waals surface area contributed by atoms with Gasteiger partial charge in [-0.1, -0.05) is 17.7 Å². The minimum absolute atomic E-state index is 0.747. The first-order chi connectivity index (χ1) is 6.33. The molecule has 0 fully saturated rings. The Morgan fingerprint density at radius 2 is 1.85 bits per heavy atom. The Labute approximate surface area is 79.7 Å². The largest absolute Gasteiger partial charge is 0.494 e. The van der Waals surface area contributed by atoms with Gasteiger partial charge in [0.05, 0.1) is 6.61 Å². The zero-order chi connectivity index (χ0) is 9.52. The quantitative estimate of drug-likeness (QED) is 0.703. The summed E-state index contributed by atoms with van der Waals surface area (Å²) in [7, 11) is 0.